The van der Waals surface area contributed by atoms with Crippen LogP contribution < -0.4 is 5.73 Å². The average Bonchev–Trinajstić information content (AvgIpc) is 2.06. The molecular weight excluding hydrogens is 206 g/mol. The van der Waals surface area contributed by atoms with Gasteiger partial charge in [-0.25, -0.2) is 0 Å². The summed E-state index contributed by atoms with van der Waals surface area (Å²) in [6, 6.07) is 8.66. The third kappa shape index (κ3) is 2.05. The van der Waals surface area contributed by atoms with Crippen LogP contribution in [0.4, 0.5) is 0 Å². The fourth-order valence-electron chi connectivity index (χ4n) is 0.727. The summed E-state index contributed by atoms with van der Waals surface area (Å²) in [6.07, 6.45) is 0. The van der Waals surface area contributed by atoms with E-state index in [1.165, 1.54) is 0 Å². The SMILES string of the molecule is [2H]C(Br)(C(N)=O)c1ccccc1. The van der Waals surface area contributed by atoms with Crippen molar-refractivity contribution in [3.05, 3.63) is 35.9 Å². The Morgan fingerprint density at radius 3 is 2.55 bits per heavy atom. The molecule has 1 aromatic carbocycles. The van der Waals surface area contributed by atoms with E-state index in [0.29, 0.717) is 5.56 Å². The Morgan fingerprint density at radius 2 is 2.09 bits per heavy atom. The van der Waals surface area contributed by atoms with Gasteiger partial charge in [0.1, 0.15) is 4.80 Å². The molecule has 1 amide bonds. The monoisotopic (exact) mass is 214 g/mol. The maximum absolute atomic E-state index is 10.8. The van der Waals surface area contributed by atoms with Crippen molar-refractivity contribution in [3.8, 4) is 0 Å². The standard InChI is InChI=1S/C8H8BrNO/c9-7(8(10)11)6-4-2-1-3-5-6/h1-5,7H,(H2,10,11)/i7D. The highest BCUT2D eigenvalue weighted by atomic mass is 79.9. The van der Waals surface area contributed by atoms with Gasteiger partial charge in [-0.3, -0.25) is 4.79 Å². The van der Waals surface area contributed by atoms with Gasteiger partial charge in [0.2, 0.25) is 5.91 Å². The minimum absolute atomic E-state index is 0.539. The van der Waals surface area contributed by atoms with E-state index in [1.54, 1.807) is 24.3 Å². The first kappa shape index (κ1) is 6.85. The number of alkyl halides is 1. The van der Waals surface area contributed by atoms with Crippen molar-refractivity contribution in [2.45, 2.75) is 4.80 Å². The van der Waals surface area contributed by atoms with Gasteiger partial charge in [-0.05, 0) is 5.56 Å². The Bertz CT molecular complexity index is 286. The van der Waals surface area contributed by atoms with Crippen LogP contribution >= 0.6 is 15.9 Å². The molecule has 1 unspecified atom stereocenters. The molecule has 0 bridgehead atoms. The number of benzene rings is 1. The maximum Gasteiger partial charge on any atom is 0.235 e. The molecule has 2 N–H and O–H groups in total. The lowest BCUT2D eigenvalue weighted by Crippen LogP contribution is -2.16. The molecule has 1 rings (SSSR count). The Labute approximate surface area is 74.9 Å². The van der Waals surface area contributed by atoms with Crippen LogP contribution in [0.2, 0.25) is 0 Å². The zero-order chi connectivity index (χ0) is 9.19. The summed E-state index contributed by atoms with van der Waals surface area (Å²) in [4.78, 5) is 9.30. The van der Waals surface area contributed by atoms with E-state index in [1.807, 2.05) is 6.07 Å². The molecule has 0 radical (unpaired) electrons. The van der Waals surface area contributed by atoms with Gasteiger partial charge in [0.15, 0.2) is 0 Å². The molecule has 3 heteroatoms. The number of halogens is 1. The van der Waals surface area contributed by atoms with Crippen molar-refractivity contribution in [2.24, 2.45) is 5.73 Å². The largest absolute Gasteiger partial charge is 0.368 e. The van der Waals surface area contributed by atoms with E-state index in [2.05, 4.69) is 15.9 Å². The molecule has 0 aliphatic heterocycles. The zero-order valence-corrected chi connectivity index (χ0v) is 7.34. The molecule has 1 aromatic rings. The molecule has 1 atom stereocenters. The van der Waals surface area contributed by atoms with Crippen molar-refractivity contribution < 1.29 is 6.17 Å². The van der Waals surface area contributed by atoms with Gasteiger partial charge in [-0.1, -0.05) is 46.3 Å². The predicted molar refractivity (Wildman–Crippen MR) is 47.3 cm³/mol. The number of carbonyl (C=O) groups excluding carboxylic acids is 1. The molecular formula is C8H8BrNO. The van der Waals surface area contributed by atoms with Crippen molar-refractivity contribution in [1.29, 1.82) is 0 Å². The minimum Gasteiger partial charge on any atom is -0.368 e. The Morgan fingerprint density at radius 1 is 1.55 bits per heavy atom. The van der Waals surface area contributed by atoms with E-state index in [9.17, 15) is 4.79 Å². The van der Waals surface area contributed by atoms with E-state index in [0.717, 1.165) is 0 Å². The lowest BCUT2D eigenvalue weighted by atomic mass is 10.1. The molecule has 0 saturated heterocycles. The van der Waals surface area contributed by atoms with Crippen LogP contribution in [-0.2, 0) is 4.79 Å². The minimum atomic E-state index is -1.51. The van der Waals surface area contributed by atoms with Crippen molar-refractivity contribution in [2.75, 3.05) is 0 Å². The van der Waals surface area contributed by atoms with Gasteiger partial charge in [-0.15, -0.1) is 0 Å². The summed E-state index contributed by atoms with van der Waals surface area (Å²) >= 11 is 2.95. The summed E-state index contributed by atoms with van der Waals surface area (Å²) in [6.45, 7) is 0. The molecule has 58 valence electrons. The maximum atomic E-state index is 10.8. The first-order valence-electron chi connectivity index (χ1n) is 3.59. The van der Waals surface area contributed by atoms with Gasteiger partial charge in [0, 0.05) is 0 Å². The highest BCUT2D eigenvalue weighted by molar-refractivity contribution is 9.09. The quantitative estimate of drug-likeness (QED) is 0.748. The second-order valence-electron chi connectivity index (χ2n) is 2.04. The van der Waals surface area contributed by atoms with Crippen LogP contribution in [0.5, 0.6) is 0 Å². The molecule has 0 heterocycles. The van der Waals surface area contributed by atoms with Crippen LogP contribution in [0.3, 0.4) is 0 Å². The molecule has 0 aliphatic rings. The first-order chi connectivity index (χ1) is 5.55. The second-order valence-corrected chi connectivity index (χ2v) is 2.84. The number of carbonyl (C=O) groups is 1. The van der Waals surface area contributed by atoms with E-state index >= 15 is 0 Å². The smallest absolute Gasteiger partial charge is 0.235 e. The lowest BCUT2D eigenvalue weighted by molar-refractivity contribution is -0.117. The summed E-state index contributed by atoms with van der Waals surface area (Å²) in [5.74, 6) is -0.714. The Kier molecular flexibility index (Phi) is 2.20. The van der Waals surface area contributed by atoms with Crippen LogP contribution in [0.1, 0.15) is 11.7 Å². The molecule has 2 nitrogen and oxygen atoms in total. The van der Waals surface area contributed by atoms with Crippen LogP contribution in [0.25, 0.3) is 0 Å². The summed E-state index contributed by atoms with van der Waals surface area (Å²) < 4.78 is 7.56. The number of hydrogen-bond acceptors (Lipinski definition) is 1. The molecule has 0 aromatic heterocycles. The molecule has 11 heavy (non-hydrogen) atoms. The Balaban J connectivity index is 3.06. The van der Waals surface area contributed by atoms with Gasteiger partial charge in [-0.2, -0.15) is 0 Å². The van der Waals surface area contributed by atoms with Crippen LogP contribution in [0, 0.1) is 0 Å². The van der Waals surface area contributed by atoms with Gasteiger partial charge >= 0.3 is 0 Å². The molecule has 0 saturated carbocycles. The van der Waals surface area contributed by atoms with Crippen LogP contribution in [0.15, 0.2) is 30.3 Å². The van der Waals surface area contributed by atoms with Crippen LogP contribution in [-0.4, -0.2) is 5.91 Å². The van der Waals surface area contributed by atoms with Crippen molar-refractivity contribution >= 4 is 21.8 Å². The van der Waals surface area contributed by atoms with Crippen molar-refractivity contribution in [1.82, 2.24) is 0 Å². The molecule has 0 fully saturated rings. The fraction of sp³-hybridized carbons (Fsp3) is 0.125. The summed E-state index contributed by atoms with van der Waals surface area (Å²) in [5.41, 5.74) is 5.57. The average molecular weight is 215 g/mol. The number of primary amides is 1. The predicted octanol–water partition coefficient (Wildman–Crippen LogP) is 1.61. The fourth-order valence-corrected chi connectivity index (χ4v) is 0.991. The highest BCUT2D eigenvalue weighted by Gasteiger charge is 2.11. The topological polar surface area (TPSA) is 43.1 Å². The van der Waals surface area contributed by atoms with Gasteiger partial charge in [0.25, 0.3) is 0 Å². The second kappa shape index (κ2) is 3.53. The normalized spacial score (nSPS) is 16.6. The first-order valence-corrected chi connectivity index (χ1v) is 3.89. The molecule has 0 aliphatic carbocycles. The van der Waals surface area contributed by atoms with E-state index < -0.39 is 10.7 Å². The molecule has 0 spiro atoms. The number of amides is 1. The van der Waals surface area contributed by atoms with Crippen molar-refractivity contribution in [3.63, 3.8) is 0 Å². The third-order valence-electron chi connectivity index (χ3n) is 1.24. The Hall–Kier alpha value is -0.830. The number of hydrogen-bond donors (Lipinski definition) is 1. The van der Waals surface area contributed by atoms with E-state index in [-0.39, 0.29) is 0 Å². The van der Waals surface area contributed by atoms with E-state index in [4.69, 9.17) is 7.10 Å². The van der Waals surface area contributed by atoms with Gasteiger partial charge < -0.3 is 5.73 Å². The third-order valence-corrected chi connectivity index (χ3v) is 2.09. The summed E-state index contributed by atoms with van der Waals surface area (Å²) in [7, 11) is 0. The zero-order valence-electron chi connectivity index (χ0n) is 6.75. The summed E-state index contributed by atoms with van der Waals surface area (Å²) in [5, 5.41) is 0. The number of nitrogens with two attached hydrogens (primary N) is 1. The highest BCUT2D eigenvalue weighted by Crippen LogP contribution is 2.20. The lowest BCUT2D eigenvalue weighted by Gasteiger charge is -2.03. The number of rotatable bonds is 2. The van der Waals surface area contributed by atoms with Gasteiger partial charge in [0.05, 0.1) is 1.37 Å².